The number of piperidine rings is 1. The average molecular weight is 351 g/mol. The number of carbonyl (C=O) groups is 1. The van der Waals surface area contributed by atoms with Crippen LogP contribution in [-0.4, -0.2) is 46.5 Å². The fourth-order valence-electron chi connectivity index (χ4n) is 4.16. The van der Waals surface area contributed by atoms with Crippen LogP contribution in [0.2, 0.25) is 0 Å². The molecule has 0 spiro atoms. The lowest BCUT2D eigenvalue weighted by Gasteiger charge is -2.37. The molecular formula is C20H25N5O. The van der Waals surface area contributed by atoms with E-state index in [0.29, 0.717) is 23.6 Å². The third kappa shape index (κ3) is 3.48. The lowest BCUT2D eigenvalue weighted by atomic mass is 9.81. The van der Waals surface area contributed by atoms with Crippen LogP contribution in [0.3, 0.4) is 0 Å². The van der Waals surface area contributed by atoms with E-state index in [0.717, 1.165) is 32.5 Å². The second kappa shape index (κ2) is 7.51. The first-order chi connectivity index (χ1) is 12.7. The molecule has 2 N–H and O–H groups in total. The molecule has 0 radical (unpaired) electrons. The number of hydrazine groups is 1. The second-order valence-electron chi connectivity index (χ2n) is 7.31. The summed E-state index contributed by atoms with van der Waals surface area (Å²) in [6.07, 6.45) is 6.87. The molecule has 136 valence electrons. The SMILES string of the molecule is Cc1ccc(C2CNNC2C2CCCN(C(=O)c3cnccn3)C2)cc1. The van der Waals surface area contributed by atoms with E-state index < -0.39 is 0 Å². The quantitative estimate of drug-likeness (QED) is 0.884. The van der Waals surface area contributed by atoms with E-state index in [1.165, 1.54) is 11.1 Å². The summed E-state index contributed by atoms with van der Waals surface area (Å²) < 4.78 is 0. The molecule has 4 rings (SSSR count). The van der Waals surface area contributed by atoms with Crippen molar-refractivity contribution in [1.82, 2.24) is 25.7 Å². The predicted octanol–water partition coefficient (Wildman–Crippen LogP) is 1.90. The van der Waals surface area contributed by atoms with Crippen LogP contribution in [0, 0.1) is 12.8 Å². The Bertz CT molecular complexity index is 749. The van der Waals surface area contributed by atoms with Crippen molar-refractivity contribution in [3.05, 3.63) is 59.7 Å². The Kier molecular flexibility index (Phi) is 4.95. The molecule has 3 atom stereocenters. The van der Waals surface area contributed by atoms with Crippen LogP contribution in [-0.2, 0) is 0 Å². The van der Waals surface area contributed by atoms with Crippen LogP contribution in [0.4, 0.5) is 0 Å². The Morgan fingerprint density at radius 3 is 2.85 bits per heavy atom. The number of likely N-dealkylation sites (tertiary alicyclic amines) is 1. The lowest BCUT2D eigenvalue weighted by molar-refractivity contribution is 0.0638. The molecular weight excluding hydrogens is 326 g/mol. The number of rotatable bonds is 3. The number of nitrogens with zero attached hydrogens (tertiary/aromatic N) is 3. The zero-order valence-electron chi connectivity index (χ0n) is 15.1. The van der Waals surface area contributed by atoms with Crippen LogP contribution in [0.25, 0.3) is 0 Å². The van der Waals surface area contributed by atoms with Crippen LogP contribution in [0.5, 0.6) is 0 Å². The summed E-state index contributed by atoms with van der Waals surface area (Å²) in [5.74, 6) is 0.832. The molecule has 3 heterocycles. The molecule has 3 unspecified atom stereocenters. The number of carbonyl (C=O) groups excluding carboxylic acids is 1. The summed E-state index contributed by atoms with van der Waals surface area (Å²) in [6, 6.07) is 9.14. The highest BCUT2D eigenvalue weighted by molar-refractivity contribution is 5.92. The number of aryl methyl sites for hydroxylation is 1. The predicted molar refractivity (Wildman–Crippen MR) is 99.5 cm³/mol. The van der Waals surface area contributed by atoms with Gasteiger partial charge >= 0.3 is 0 Å². The first kappa shape index (κ1) is 17.1. The van der Waals surface area contributed by atoms with Crippen molar-refractivity contribution >= 4 is 5.91 Å². The van der Waals surface area contributed by atoms with Gasteiger partial charge in [-0.25, -0.2) is 4.98 Å². The summed E-state index contributed by atoms with van der Waals surface area (Å²) >= 11 is 0. The van der Waals surface area contributed by atoms with Gasteiger partial charge in [0, 0.05) is 44.0 Å². The number of aromatic nitrogens is 2. The van der Waals surface area contributed by atoms with Gasteiger partial charge in [-0.15, -0.1) is 0 Å². The molecule has 26 heavy (non-hydrogen) atoms. The third-order valence-electron chi connectivity index (χ3n) is 5.56. The highest BCUT2D eigenvalue weighted by atomic mass is 16.2. The topological polar surface area (TPSA) is 70.2 Å². The van der Waals surface area contributed by atoms with Gasteiger partial charge in [-0.3, -0.25) is 20.6 Å². The van der Waals surface area contributed by atoms with Crippen molar-refractivity contribution in [2.45, 2.75) is 31.7 Å². The summed E-state index contributed by atoms with van der Waals surface area (Å²) in [7, 11) is 0. The molecule has 6 nitrogen and oxygen atoms in total. The molecule has 1 aromatic heterocycles. The van der Waals surface area contributed by atoms with E-state index in [4.69, 9.17) is 0 Å². The first-order valence-electron chi connectivity index (χ1n) is 9.32. The van der Waals surface area contributed by atoms with Crippen molar-refractivity contribution in [1.29, 1.82) is 0 Å². The average Bonchev–Trinajstić information content (AvgIpc) is 3.19. The van der Waals surface area contributed by atoms with Crippen LogP contribution < -0.4 is 10.9 Å². The molecule has 1 aromatic carbocycles. The number of benzene rings is 1. The minimum atomic E-state index is -0.0133. The van der Waals surface area contributed by atoms with Crippen molar-refractivity contribution in [3.8, 4) is 0 Å². The zero-order valence-corrected chi connectivity index (χ0v) is 15.1. The van der Waals surface area contributed by atoms with Gasteiger partial charge in [-0.05, 0) is 31.2 Å². The fourth-order valence-corrected chi connectivity index (χ4v) is 4.16. The standard InChI is InChI=1S/C20H25N5O/c1-14-4-6-15(7-5-14)17-11-23-24-19(17)16-3-2-10-25(13-16)20(26)18-12-21-8-9-22-18/h4-9,12,16-17,19,23-24H,2-3,10-11,13H2,1H3. The Labute approximate surface area is 154 Å². The van der Waals surface area contributed by atoms with Gasteiger partial charge in [0.05, 0.1) is 6.20 Å². The van der Waals surface area contributed by atoms with Gasteiger partial charge in [0.2, 0.25) is 0 Å². The zero-order chi connectivity index (χ0) is 17.9. The molecule has 0 bridgehead atoms. The van der Waals surface area contributed by atoms with E-state index in [-0.39, 0.29) is 5.91 Å². The molecule has 2 aliphatic heterocycles. The molecule has 1 amide bonds. The van der Waals surface area contributed by atoms with E-state index in [9.17, 15) is 4.79 Å². The molecule has 0 saturated carbocycles. The van der Waals surface area contributed by atoms with Crippen LogP contribution >= 0.6 is 0 Å². The van der Waals surface area contributed by atoms with Crippen molar-refractivity contribution in [2.24, 2.45) is 5.92 Å². The Balaban J connectivity index is 1.48. The maximum Gasteiger partial charge on any atom is 0.274 e. The minimum absolute atomic E-state index is 0.0133. The molecule has 2 saturated heterocycles. The lowest BCUT2D eigenvalue weighted by Crippen LogP contribution is -2.48. The van der Waals surface area contributed by atoms with Gasteiger partial charge in [0.1, 0.15) is 5.69 Å². The molecule has 2 aliphatic rings. The van der Waals surface area contributed by atoms with Crippen molar-refractivity contribution in [2.75, 3.05) is 19.6 Å². The normalized spacial score (nSPS) is 26.0. The van der Waals surface area contributed by atoms with Gasteiger partial charge in [-0.2, -0.15) is 0 Å². The smallest absolute Gasteiger partial charge is 0.274 e. The Morgan fingerprint density at radius 1 is 1.23 bits per heavy atom. The highest BCUT2D eigenvalue weighted by Crippen LogP contribution is 2.32. The molecule has 2 aromatic rings. The minimum Gasteiger partial charge on any atom is -0.337 e. The second-order valence-corrected chi connectivity index (χ2v) is 7.31. The molecule has 2 fully saturated rings. The third-order valence-corrected chi connectivity index (χ3v) is 5.56. The number of amides is 1. The van der Waals surface area contributed by atoms with Crippen LogP contribution in [0.15, 0.2) is 42.9 Å². The maximum absolute atomic E-state index is 12.7. The summed E-state index contributed by atoms with van der Waals surface area (Å²) in [6.45, 7) is 4.59. The van der Waals surface area contributed by atoms with E-state index in [2.05, 4.69) is 52.0 Å². The number of hydrogen-bond donors (Lipinski definition) is 2. The summed E-state index contributed by atoms with van der Waals surface area (Å²) in [5.41, 5.74) is 9.87. The molecule has 6 heteroatoms. The largest absolute Gasteiger partial charge is 0.337 e. The Hall–Kier alpha value is -2.31. The van der Waals surface area contributed by atoms with E-state index in [1.807, 2.05) is 4.90 Å². The summed E-state index contributed by atoms with van der Waals surface area (Å²) in [4.78, 5) is 22.9. The van der Waals surface area contributed by atoms with Gasteiger partial charge in [0.25, 0.3) is 5.91 Å². The fraction of sp³-hybridized carbons (Fsp3) is 0.450. The van der Waals surface area contributed by atoms with Crippen molar-refractivity contribution in [3.63, 3.8) is 0 Å². The number of nitrogens with one attached hydrogen (secondary N) is 2. The maximum atomic E-state index is 12.7. The van der Waals surface area contributed by atoms with Gasteiger partial charge in [0.15, 0.2) is 0 Å². The van der Waals surface area contributed by atoms with E-state index in [1.54, 1.807) is 18.6 Å². The summed E-state index contributed by atoms with van der Waals surface area (Å²) in [5, 5.41) is 0. The Morgan fingerprint density at radius 2 is 2.08 bits per heavy atom. The van der Waals surface area contributed by atoms with Gasteiger partial charge < -0.3 is 4.90 Å². The molecule has 0 aliphatic carbocycles. The van der Waals surface area contributed by atoms with Gasteiger partial charge in [-0.1, -0.05) is 29.8 Å². The van der Waals surface area contributed by atoms with Crippen molar-refractivity contribution < 1.29 is 4.79 Å². The monoisotopic (exact) mass is 351 g/mol. The van der Waals surface area contributed by atoms with E-state index >= 15 is 0 Å². The number of hydrogen-bond acceptors (Lipinski definition) is 5. The first-order valence-corrected chi connectivity index (χ1v) is 9.32. The van der Waals surface area contributed by atoms with Crippen LogP contribution in [0.1, 0.15) is 40.4 Å². The highest BCUT2D eigenvalue weighted by Gasteiger charge is 2.37.